The van der Waals surface area contributed by atoms with Crippen LogP contribution in [0.2, 0.25) is 0 Å². The third-order valence-corrected chi connectivity index (χ3v) is 4.85. The highest BCUT2D eigenvalue weighted by molar-refractivity contribution is 6.03. The highest BCUT2D eigenvalue weighted by Crippen LogP contribution is 2.23. The first-order valence-electron chi connectivity index (χ1n) is 9.14. The van der Waals surface area contributed by atoms with E-state index in [0.29, 0.717) is 29.1 Å². The van der Waals surface area contributed by atoms with Gasteiger partial charge in [-0.05, 0) is 58.0 Å². The van der Waals surface area contributed by atoms with E-state index in [1.807, 2.05) is 4.90 Å². The molecule has 0 amide bonds. The van der Waals surface area contributed by atoms with Crippen molar-refractivity contribution >= 4 is 11.8 Å². The van der Waals surface area contributed by atoms with Gasteiger partial charge in [-0.2, -0.15) is 0 Å². The number of aromatic amines is 1. The molecule has 0 radical (unpaired) electrons. The van der Waals surface area contributed by atoms with Gasteiger partial charge >= 0.3 is 5.97 Å². The van der Waals surface area contributed by atoms with E-state index in [1.54, 1.807) is 46.9 Å². The molecule has 1 aromatic carbocycles. The van der Waals surface area contributed by atoms with Crippen LogP contribution in [0.15, 0.2) is 18.2 Å². The number of likely N-dealkylation sites (N-methyl/N-ethyl adjacent to an activating group) is 1. The molecule has 2 aromatic rings. The molecule has 0 aliphatic carbocycles. The lowest BCUT2D eigenvalue weighted by Gasteiger charge is -2.23. The van der Waals surface area contributed by atoms with Crippen LogP contribution in [-0.2, 0) is 11.3 Å². The third-order valence-electron chi connectivity index (χ3n) is 4.85. The molecule has 0 saturated carbocycles. The maximum Gasteiger partial charge on any atom is 0.340 e. The summed E-state index contributed by atoms with van der Waals surface area (Å²) >= 11 is 0. The summed E-state index contributed by atoms with van der Waals surface area (Å²) in [5, 5.41) is 0. The number of benzene rings is 1. The monoisotopic (exact) mass is 390 g/mol. The topological polar surface area (TPSA) is 71.6 Å². The van der Waals surface area contributed by atoms with Gasteiger partial charge in [-0.1, -0.05) is 6.07 Å². The molecule has 152 valence electrons. The van der Waals surface area contributed by atoms with Crippen molar-refractivity contribution in [3.8, 4) is 5.75 Å². The molecule has 2 rings (SSSR count). The first-order chi connectivity index (χ1) is 13.2. The van der Waals surface area contributed by atoms with Crippen molar-refractivity contribution in [2.24, 2.45) is 0 Å². The Hall–Kier alpha value is -2.67. The van der Waals surface area contributed by atoms with Gasteiger partial charge in [0.15, 0.2) is 17.3 Å². The number of nitrogens with zero attached hydrogens (tertiary/aromatic N) is 1. The van der Waals surface area contributed by atoms with E-state index < -0.39 is 17.8 Å². The zero-order valence-electron chi connectivity index (χ0n) is 17.2. The minimum absolute atomic E-state index is 0.146. The molecule has 28 heavy (non-hydrogen) atoms. The Bertz CT molecular complexity index is 876. The molecule has 0 spiro atoms. The SMILES string of the molecule is CCOC(=O)c1c(C)[nH]c(C(=O)[C@@H](C)N(C)Cc2ccc(OC)c(F)c2)c1C. The van der Waals surface area contributed by atoms with E-state index in [2.05, 4.69) is 4.98 Å². The number of Topliss-reactive ketones (excluding diaryl/α,β-unsaturated/α-hetero) is 1. The van der Waals surface area contributed by atoms with Gasteiger partial charge in [-0.25, -0.2) is 9.18 Å². The van der Waals surface area contributed by atoms with E-state index in [9.17, 15) is 14.0 Å². The quantitative estimate of drug-likeness (QED) is 0.550. The molecule has 1 N–H and O–H groups in total. The van der Waals surface area contributed by atoms with Crippen LogP contribution < -0.4 is 4.74 Å². The smallest absolute Gasteiger partial charge is 0.340 e. The summed E-state index contributed by atoms with van der Waals surface area (Å²) < 4.78 is 23.9. The van der Waals surface area contributed by atoms with Crippen LogP contribution in [0.25, 0.3) is 0 Å². The van der Waals surface area contributed by atoms with E-state index in [4.69, 9.17) is 9.47 Å². The number of ether oxygens (including phenoxy) is 2. The summed E-state index contributed by atoms with van der Waals surface area (Å²) in [5.74, 6) is -0.850. The van der Waals surface area contributed by atoms with Crippen LogP contribution in [0.4, 0.5) is 4.39 Å². The highest BCUT2D eigenvalue weighted by Gasteiger charge is 2.27. The number of aromatic nitrogens is 1. The summed E-state index contributed by atoms with van der Waals surface area (Å²) in [6.07, 6.45) is 0. The number of carbonyl (C=O) groups is 2. The third kappa shape index (κ3) is 4.42. The number of ketones is 1. The minimum atomic E-state index is -0.475. The highest BCUT2D eigenvalue weighted by atomic mass is 19.1. The van der Waals surface area contributed by atoms with Crippen molar-refractivity contribution in [1.29, 1.82) is 0 Å². The maximum atomic E-state index is 13.9. The zero-order chi connectivity index (χ0) is 21.0. The van der Waals surface area contributed by atoms with Gasteiger partial charge in [0.2, 0.25) is 0 Å². The number of nitrogens with one attached hydrogen (secondary N) is 1. The van der Waals surface area contributed by atoms with Gasteiger partial charge < -0.3 is 14.5 Å². The fourth-order valence-corrected chi connectivity index (χ4v) is 3.15. The van der Waals surface area contributed by atoms with Crippen molar-refractivity contribution < 1.29 is 23.5 Å². The van der Waals surface area contributed by atoms with Crippen LogP contribution >= 0.6 is 0 Å². The number of aryl methyl sites for hydroxylation is 1. The molecule has 0 saturated heterocycles. The van der Waals surface area contributed by atoms with Crippen LogP contribution in [0, 0.1) is 19.7 Å². The second kappa shape index (κ2) is 9.01. The Kier molecular flexibility index (Phi) is 6.96. The Morgan fingerprint density at radius 1 is 1.29 bits per heavy atom. The number of carbonyl (C=O) groups excluding carboxylic acids is 2. The molecule has 7 heteroatoms. The molecule has 1 heterocycles. The molecule has 0 fully saturated rings. The fourth-order valence-electron chi connectivity index (χ4n) is 3.15. The normalized spacial score (nSPS) is 12.1. The maximum absolute atomic E-state index is 13.9. The Labute approximate surface area is 164 Å². The predicted octanol–water partition coefficient (Wildman–Crippen LogP) is 3.66. The number of rotatable bonds is 8. The summed E-state index contributed by atoms with van der Waals surface area (Å²) in [6, 6.07) is 4.25. The summed E-state index contributed by atoms with van der Waals surface area (Å²) in [7, 11) is 3.21. The first-order valence-corrected chi connectivity index (χ1v) is 9.14. The Morgan fingerprint density at radius 3 is 2.54 bits per heavy atom. The molecule has 1 aromatic heterocycles. The van der Waals surface area contributed by atoms with Crippen molar-refractivity contribution in [2.45, 2.75) is 40.3 Å². The molecule has 0 aliphatic heterocycles. The molecule has 0 unspecified atom stereocenters. The van der Waals surface area contributed by atoms with Crippen LogP contribution in [0.3, 0.4) is 0 Å². The molecular formula is C21H27FN2O4. The minimum Gasteiger partial charge on any atom is -0.494 e. The number of esters is 1. The lowest BCUT2D eigenvalue weighted by Crippen LogP contribution is -2.36. The Morgan fingerprint density at radius 2 is 1.96 bits per heavy atom. The fraction of sp³-hybridized carbons (Fsp3) is 0.429. The number of hydrogen-bond donors (Lipinski definition) is 1. The average molecular weight is 390 g/mol. The largest absolute Gasteiger partial charge is 0.494 e. The molecule has 0 bridgehead atoms. The summed E-state index contributed by atoms with van der Waals surface area (Å²) in [4.78, 5) is 30.0. The van der Waals surface area contributed by atoms with Gasteiger partial charge in [-0.15, -0.1) is 0 Å². The summed E-state index contributed by atoms with van der Waals surface area (Å²) in [5.41, 5.74) is 2.70. The second-order valence-corrected chi connectivity index (χ2v) is 6.77. The van der Waals surface area contributed by atoms with Crippen LogP contribution in [0.5, 0.6) is 5.75 Å². The van der Waals surface area contributed by atoms with Gasteiger partial charge in [0.1, 0.15) is 0 Å². The number of H-pyrrole nitrogens is 1. The van der Waals surface area contributed by atoms with Crippen LogP contribution in [-0.4, -0.2) is 48.4 Å². The molecule has 1 atom stereocenters. The predicted molar refractivity (Wildman–Crippen MR) is 104 cm³/mol. The average Bonchev–Trinajstić information content (AvgIpc) is 2.95. The lowest BCUT2D eigenvalue weighted by molar-refractivity contribution is 0.0525. The summed E-state index contributed by atoms with van der Waals surface area (Å²) in [6.45, 7) is 7.64. The molecule has 6 nitrogen and oxygen atoms in total. The van der Waals surface area contributed by atoms with Gasteiger partial charge in [0, 0.05) is 12.2 Å². The van der Waals surface area contributed by atoms with E-state index >= 15 is 0 Å². The van der Waals surface area contributed by atoms with Gasteiger partial charge in [0.25, 0.3) is 0 Å². The number of methoxy groups -OCH3 is 1. The van der Waals surface area contributed by atoms with Crippen molar-refractivity contribution in [3.05, 3.63) is 52.1 Å². The standard InChI is InChI=1S/C21H27FN2O4/c1-7-28-21(26)18-12(2)19(23-13(18)3)20(25)14(4)24(5)11-15-8-9-17(27-6)16(22)10-15/h8-10,14,23H,7,11H2,1-6H3/t14-/m1/s1. The molecule has 0 aliphatic rings. The zero-order valence-corrected chi connectivity index (χ0v) is 17.2. The van der Waals surface area contributed by atoms with Gasteiger partial charge in [-0.3, -0.25) is 9.69 Å². The lowest BCUT2D eigenvalue weighted by atomic mass is 10.0. The van der Waals surface area contributed by atoms with Crippen molar-refractivity contribution in [3.63, 3.8) is 0 Å². The Balaban J connectivity index is 2.19. The van der Waals surface area contributed by atoms with Crippen molar-refractivity contribution in [1.82, 2.24) is 9.88 Å². The number of hydrogen-bond acceptors (Lipinski definition) is 5. The first kappa shape index (κ1) is 21.6. The van der Waals surface area contributed by atoms with E-state index in [0.717, 1.165) is 5.56 Å². The molecular weight excluding hydrogens is 363 g/mol. The van der Waals surface area contributed by atoms with E-state index in [1.165, 1.54) is 13.2 Å². The second-order valence-electron chi connectivity index (χ2n) is 6.77. The van der Waals surface area contributed by atoms with Gasteiger partial charge in [0.05, 0.1) is 31.0 Å². The van der Waals surface area contributed by atoms with E-state index in [-0.39, 0.29) is 18.1 Å². The van der Waals surface area contributed by atoms with Crippen LogP contribution in [0.1, 0.15) is 51.5 Å². The van der Waals surface area contributed by atoms with Crippen molar-refractivity contribution in [2.75, 3.05) is 20.8 Å². The number of halogens is 1.